The third-order valence-corrected chi connectivity index (χ3v) is 4.58. The molecule has 3 aromatic heterocycles. The molecule has 0 unspecified atom stereocenters. The third-order valence-electron chi connectivity index (χ3n) is 4.58. The van der Waals surface area contributed by atoms with E-state index >= 15 is 0 Å². The minimum Gasteiger partial charge on any atom is -0.361 e. The van der Waals surface area contributed by atoms with Crippen molar-refractivity contribution in [2.24, 2.45) is 14.1 Å². The summed E-state index contributed by atoms with van der Waals surface area (Å²) in [5.41, 5.74) is 0.475. The van der Waals surface area contributed by atoms with Gasteiger partial charge in [-0.2, -0.15) is 0 Å². The molecule has 130 valence electrons. The first-order chi connectivity index (χ1) is 12.0. The van der Waals surface area contributed by atoms with Crippen molar-refractivity contribution in [3.8, 4) is 0 Å². The monoisotopic (exact) mass is 344 g/mol. The fourth-order valence-electron chi connectivity index (χ4n) is 3.12. The zero-order chi connectivity index (χ0) is 17.7. The summed E-state index contributed by atoms with van der Waals surface area (Å²) >= 11 is 0. The van der Waals surface area contributed by atoms with Crippen LogP contribution in [0.2, 0.25) is 0 Å². The summed E-state index contributed by atoms with van der Waals surface area (Å²) in [6.07, 6.45) is 3.65. The lowest BCUT2D eigenvalue weighted by Crippen LogP contribution is -2.39. The summed E-state index contributed by atoms with van der Waals surface area (Å²) in [7, 11) is 2.95. The number of rotatable bonds is 2. The van der Waals surface area contributed by atoms with Crippen LogP contribution in [0.15, 0.2) is 26.6 Å². The zero-order valence-electron chi connectivity index (χ0n) is 13.8. The van der Waals surface area contributed by atoms with Crippen LogP contribution in [0.1, 0.15) is 11.3 Å². The Morgan fingerprint density at radius 2 is 2.08 bits per heavy atom. The molecule has 1 aliphatic rings. The Morgan fingerprint density at radius 1 is 1.28 bits per heavy atom. The molecule has 25 heavy (non-hydrogen) atoms. The van der Waals surface area contributed by atoms with Crippen LogP contribution in [0.3, 0.4) is 0 Å². The van der Waals surface area contributed by atoms with E-state index in [0.717, 1.165) is 15.9 Å². The van der Waals surface area contributed by atoms with Gasteiger partial charge in [0.25, 0.3) is 5.56 Å². The third kappa shape index (κ3) is 2.29. The van der Waals surface area contributed by atoms with Crippen LogP contribution in [0, 0.1) is 0 Å². The lowest BCUT2D eigenvalue weighted by atomic mass is 10.1. The van der Waals surface area contributed by atoms with Crippen molar-refractivity contribution in [1.29, 1.82) is 0 Å². The first-order valence-electron chi connectivity index (χ1n) is 7.78. The van der Waals surface area contributed by atoms with Crippen LogP contribution in [0.5, 0.6) is 0 Å². The van der Waals surface area contributed by atoms with Crippen LogP contribution in [-0.2, 0) is 38.4 Å². The topological polar surface area (TPSA) is 108 Å². The summed E-state index contributed by atoms with van der Waals surface area (Å²) in [5, 5.41) is 3.75. The highest BCUT2D eigenvalue weighted by Gasteiger charge is 2.24. The summed E-state index contributed by atoms with van der Waals surface area (Å²) in [6.45, 7) is 0.940. The molecule has 10 nitrogen and oxygen atoms in total. The Morgan fingerprint density at radius 3 is 2.88 bits per heavy atom. The predicted molar refractivity (Wildman–Crippen MR) is 85.8 cm³/mol. The van der Waals surface area contributed by atoms with Gasteiger partial charge in [-0.3, -0.25) is 18.7 Å². The maximum atomic E-state index is 12.6. The average molecular weight is 344 g/mol. The molecule has 0 fully saturated rings. The second-order valence-electron chi connectivity index (χ2n) is 6.09. The van der Waals surface area contributed by atoms with Gasteiger partial charge >= 0.3 is 5.69 Å². The van der Waals surface area contributed by atoms with Crippen molar-refractivity contribution in [3.05, 3.63) is 44.7 Å². The first kappa shape index (κ1) is 15.4. The van der Waals surface area contributed by atoms with E-state index in [1.54, 1.807) is 18.1 Å². The molecule has 0 spiro atoms. The van der Waals surface area contributed by atoms with E-state index in [1.807, 2.05) is 0 Å². The number of hydrogen-bond acceptors (Lipinski definition) is 6. The number of carbonyl (C=O) groups is 1. The van der Waals surface area contributed by atoms with Crippen LogP contribution < -0.4 is 11.2 Å². The van der Waals surface area contributed by atoms with Crippen LogP contribution in [0.4, 0.5) is 0 Å². The maximum Gasteiger partial charge on any atom is 0.332 e. The van der Waals surface area contributed by atoms with Crippen molar-refractivity contribution in [1.82, 2.24) is 28.7 Å². The highest BCUT2D eigenvalue weighted by Crippen LogP contribution is 2.18. The summed E-state index contributed by atoms with van der Waals surface area (Å²) in [6, 6.07) is 0. The van der Waals surface area contributed by atoms with Gasteiger partial charge in [-0.15, -0.1) is 0 Å². The highest BCUT2D eigenvalue weighted by molar-refractivity contribution is 5.79. The molecule has 0 atom stereocenters. The van der Waals surface area contributed by atoms with E-state index in [2.05, 4.69) is 10.1 Å². The molecule has 0 aromatic carbocycles. The molecule has 4 rings (SSSR count). The van der Waals surface area contributed by atoms with Gasteiger partial charge in [-0.05, 0) is 0 Å². The van der Waals surface area contributed by atoms with Gasteiger partial charge in [-0.1, -0.05) is 5.16 Å². The second kappa shape index (κ2) is 5.43. The predicted octanol–water partition coefficient (Wildman–Crippen LogP) is -0.993. The first-order valence-corrected chi connectivity index (χ1v) is 7.78. The quantitative estimate of drug-likeness (QED) is 0.590. The van der Waals surface area contributed by atoms with Gasteiger partial charge in [-0.25, -0.2) is 9.78 Å². The molecule has 3 aromatic rings. The Labute approximate surface area is 140 Å². The Hall–Kier alpha value is -3.17. The molecule has 0 bridgehead atoms. The molecule has 0 N–H and O–H groups in total. The smallest absolute Gasteiger partial charge is 0.332 e. The number of amides is 1. The van der Waals surface area contributed by atoms with Crippen molar-refractivity contribution in [3.63, 3.8) is 0 Å². The SMILES string of the molecule is Cn1c(=O)c2c(ncn2CC(=O)N2CCc3oncc3C2)n(C)c1=O. The Bertz CT molecular complexity index is 1100. The minimum absolute atomic E-state index is 0.0233. The van der Waals surface area contributed by atoms with Gasteiger partial charge < -0.3 is 14.0 Å². The zero-order valence-corrected chi connectivity index (χ0v) is 13.8. The summed E-state index contributed by atoms with van der Waals surface area (Å²) in [5.74, 6) is 0.669. The number of fused-ring (bicyclic) bond motifs is 2. The van der Waals surface area contributed by atoms with E-state index in [4.69, 9.17) is 4.52 Å². The van der Waals surface area contributed by atoms with E-state index in [1.165, 1.54) is 22.5 Å². The Kier molecular flexibility index (Phi) is 3.34. The molecule has 4 heterocycles. The van der Waals surface area contributed by atoms with Crippen molar-refractivity contribution in [2.45, 2.75) is 19.5 Å². The summed E-state index contributed by atoms with van der Waals surface area (Å²) < 4.78 is 8.91. The second-order valence-corrected chi connectivity index (χ2v) is 6.09. The molecular weight excluding hydrogens is 328 g/mol. The fraction of sp³-hybridized carbons (Fsp3) is 0.400. The normalized spacial score (nSPS) is 14.1. The maximum absolute atomic E-state index is 12.6. The van der Waals surface area contributed by atoms with Crippen molar-refractivity contribution in [2.75, 3.05) is 6.54 Å². The lowest BCUT2D eigenvalue weighted by Gasteiger charge is -2.25. The lowest BCUT2D eigenvalue weighted by molar-refractivity contribution is -0.132. The van der Waals surface area contributed by atoms with Crippen molar-refractivity contribution < 1.29 is 9.32 Å². The van der Waals surface area contributed by atoms with Crippen LogP contribution in [-0.4, -0.2) is 41.2 Å². The standard InChI is InChI=1S/C15H16N6O4/c1-18-13-12(14(23)19(2)15(18)24)21(8-16-13)7-11(22)20-4-3-10-9(6-20)5-17-25-10/h5,8H,3-4,6-7H2,1-2H3. The van der Waals surface area contributed by atoms with Crippen LogP contribution >= 0.6 is 0 Å². The number of hydrogen-bond donors (Lipinski definition) is 0. The highest BCUT2D eigenvalue weighted by atomic mass is 16.5. The van der Waals surface area contributed by atoms with Crippen molar-refractivity contribution >= 4 is 17.1 Å². The molecule has 0 aliphatic carbocycles. The van der Waals surface area contributed by atoms with Gasteiger partial charge in [0.1, 0.15) is 12.3 Å². The fourth-order valence-corrected chi connectivity index (χ4v) is 3.12. The Balaban J connectivity index is 1.67. The molecule has 10 heteroatoms. The molecule has 1 aliphatic heterocycles. The minimum atomic E-state index is -0.469. The van der Waals surface area contributed by atoms with E-state index < -0.39 is 11.2 Å². The number of aromatic nitrogens is 5. The van der Waals surface area contributed by atoms with E-state index in [-0.39, 0.29) is 23.6 Å². The number of aryl methyl sites for hydroxylation is 1. The molecule has 0 saturated heterocycles. The molecule has 1 amide bonds. The molecule has 0 radical (unpaired) electrons. The summed E-state index contributed by atoms with van der Waals surface area (Å²) in [4.78, 5) is 42.8. The van der Waals surface area contributed by atoms with Gasteiger partial charge in [0.15, 0.2) is 11.2 Å². The van der Waals surface area contributed by atoms with Gasteiger partial charge in [0.2, 0.25) is 5.91 Å². The van der Waals surface area contributed by atoms with Crippen LogP contribution in [0.25, 0.3) is 11.2 Å². The largest absolute Gasteiger partial charge is 0.361 e. The number of carbonyl (C=O) groups excluding carboxylic acids is 1. The number of nitrogens with zero attached hydrogens (tertiary/aromatic N) is 6. The average Bonchev–Trinajstić information content (AvgIpc) is 3.24. The molecule has 0 saturated carbocycles. The van der Waals surface area contributed by atoms with E-state index in [9.17, 15) is 14.4 Å². The van der Waals surface area contributed by atoms with E-state index in [0.29, 0.717) is 19.5 Å². The van der Waals surface area contributed by atoms with Gasteiger partial charge in [0, 0.05) is 32.6 Å². The molecular formula is C15H16N6O4. The van der Waals surface area contributed by atoms with Gasteiger partial charge in [0.05, 0.1) is 19.1 Å². The number of imidazole rings is 1.